The van der Waals surface area contributed by atoms with Crippen LogP contribution in [0.2, 0.25) is 0 Å². The Kier molecular flexibility index (Phi) is 3.89. The number of carbonyl (C=O) groups excluding carboxylic acids is 1. The van der Waals surface area contributed by atoms with Gasteiger partial charge in [0.1, 0.15) is 11.5 Å². The van der Waals surface area contributed by atoms with Crippen LogP contribution < -0.4 is 5.32 Å². The maximum absolute atomic E-state index is 12.3. The lowest BCUT2D eigenvalue weighted by atomic mass is 10.2. The van der Waals surface area contributed by atoms with Crippen molar-refractivity contribution in [2.45, 2.75) is 0 Å². The van der Waals surface area contributed by atoms with Gasteiger partial charge in [0.05, 0.1) is 11.0 Å². The van der Waals surface area contributed by atoms with E-state index in [-0.39, 0.29) is 5.91 Å². The summed E-state index contributed by atoms with van der Waals surface area (Å²) in [6.07, 6.45) is 1.85. The summed E-state index contributed by atoms with van der Waals surface area (Å²) in [6, 6.07) is 17.3. The van der Waals surface area contributed by atoms with E-state index in [4.69, 9.17) is 0 Å². The van der Waals surface area contributed by atoms with E-state index >= 15 is 0 Å². The van der Waals surface area contributed by atoms with Crippen LogP contribution in [-0.4, -0.2) is 20.4 Å². The summed E-state index contributed by atoms with van der Waals surface area (Å²) in [5, 5.41) is 2.91. The molecule has 0 aliphatic heterocycles. The van der Waals surface area contributed by atoms with Crippen LogP contribution in [0.15, 0.2) is 65.3 Å². The summed E-state index contributed by atoms with van der Waals surface area (Å²) in [5.41, 5.74) is 4.24. The third kappa shape index (κ3) is 3.08. The first kappa shape index (κ1) is 15.7. The smallest absolute Gasteiger partial charge is 0.272 e. The summed E-state index contributed by atoms with van der Waals surface area (Å²) in [7, 11) is 1.84. The second-order valence-corrected chi connectivity index (χ2v) is 6.70. The van der Waals surface area contributed by atoms with Crippen molar-refractivity contribution >= 4 is 38.6 Å². The number of aromatic nitrogens is 3. The van der Waals surface area contributed by atoms with Crippen LogP contribution >= 0.6 is 15.9 Å². The zero-order chi connectivity index (χ0) is 17.4. The first-order valence-corrected chi connectivity index (χ1v) is 8.58. The molecule has 6 heteroatoms. The molecule has 0 atom stereocenters. The van der Waals surface area contributed by atoms with Crippen LogP contribution in [0.4, 0.5) is 5.69 Å². The predicted molar refractivity (Wildman–Crippen MR) is 103 cm³/mol. The minimum absolute atomic E-state index is 0.148. The van der Waals surface area contributed by atoms with Crippen LogP contribution in [0.25, 0.3) is 22.4 Å². The molecule has 25 heavy (non-hydrogen) atoms. The average Bonchev–Trinajstić information content (AvgIpc) is 3.18. The maximum atomic E-state index is 12.3. The number of anilines is 1. The van der Waals surface area contributed by atoms with Crippen molar-refractivity contribution in [1.29, 1.82) is 0 Å². The number of amides is 1. The maximum Gasteiger partial charge on any atom is 0.272 e. The van der Waals surface area contributed by atoms with Gasteiger partial charge in [0.15, 0.2) is 0 Å². The number of rotatable bonds is 3. The summed E-state index contributed by atoms with van der Waals surface area (Å²) >= 11 is 3.38. The van der Waals surface area contributed by atoms with E-state index in [2.05, 4.69) is 31.2 Å². The van der Waals surface area contributed by atoms with Crippen molar-refractivity contribution in [3.05, 3.63) is 71.0 Å². The van der Waals surface area contributed by atoms with Crippen molar-refractivity contribution in [3.8, 4) is 11.4 Å². The molecule has 0 radical (unpaired) electrons. The molecule has 0 aliphatic rings. The number of imidazole rings is 1. The number of para-hydroxylation sites is 2. The van der Waals surface area contributed by atoms with E-state index in [1.807, 2.05) is 61.8 Å². The van der Waals surface area contributed by atoms with Crippen molar-refractivity contribution in [2.24, 2.45) is 7.05 Å². The Morgan fingerprint density at radius 1 is 1.16 bits per heavy atom. The van der Waals surface area contributed by atoms with Gasteiger partial charge in [-0.15, -0.1) is 0 Å². The number of aryl methyl sites for hydroxylation is 1. The molecule has 0 aliphatic carbocycles. The van der Waals surface area contributed by atoms with Gasteiger partial charge in [0, 0.05) is 29.0 Å². The van der Waals surface area contributed by atoms with Gasteiger partial charge in [-0.25, -0.2) is 4.98 Å². The minimum Gasteiger partial charge on any atom is -0.345 e. The molecule has 4 aromatic rings. The van der Waals surface area contributed by atoms with Crippen LogP contribution in [0.5, 0.6) is 0 Å². The number of benzene rings is 2. The van der Waals surface area contributed by atoms with Crippen molar-refractivity contribution in [2.75, 3.05) is 5.32 Å². The standard InChI is InChI=1S/C19H15BrN4O/c1-24-11-13(20)10-17(24)19(25)21-14-8-6-12(7-9-14)18-22-15-4-2-3-5-16(15)23-18/h2-11H,1H3,(H,21,25)(H,22,23). The zero-order valence-electron chi connectivity index (χ0n) is 13.5. The van der Waals surface area contributed by atoms with Crippen LogP contribution in [0, 0.1) is 0 Å². The highest BCUT2D eigenvalue weighted by atomic mass is 79.9. The van der Waals surface area contributed by atoms with Crippen molar-refractivity contribution < 1.29 is 4.79 Å². The molecule has 4 rings (SSSR count). The number of nitrogens with one attached hydrogen (secondary N) is 2. The van der Waals surface area contributed by atoms with E-state index in [1.54, 1.807) is 10.6 Å². The molecule has 0 spiro atoms. The van der Waals surface area contributed by atoms with Crippen LogP contribution in [0.1, 0.15) is 10.5 Å². The molecule has 0 fully saturated rings. The molecule has 0 saturated heterocycles. The van der Waals surface area contributed by atoms with Crippen molar-refractivity contribution in [1.82, 2.24) is 14.5 Å². The van der Waals surface area contributed by atoms with E-state index in [9.17, 15) is 4.79 Å². The Hall–Kier alpha value is -2.86. The number of H-pyrrole nitrogens is 1. The number of carbonyl (C=O) groups is 1. The summed E-state index contributed by atoms with van der Waals surface area (Å²) in [4.78, 5) is 20.2. The zero-order valence-corrected chi connectivity index (χ0v) is 15.0. The number of halogens is 1. The monoisotopic (exact) mass is 394 g/mol. The molecule has 2 aromatic heterocycles. The Morgan fingerprint density at radius 2 is 1.92 bits per heavy atom. The predicted octanol–water partition coefficient (Wildman–Crippen LogP) is 4.58. The fraction of sp³-hybridized carbons (Fsp3) is 0.0526. The minimum atomic E-state index is -0.148. The number of hydrogen-bond donors (Lipinski definition) is 2. The first-order valence-electron chi connectivity index (χ1n) is 7.78. The van der Waals surface area contributed by atoms with Crippen LogP contribution in [-0.2, 0) is 7.05 Å². The van der Waals surface area contributed by atoms with Crippen LogP contribution in [0.3, 0.4) is 0 Å². The topological polar surface area (TPSA) is 62.7 Å². The summed E-state index contributed by atoms with van der Waals surface area (Å²) < 4.78 is 2.66. The SMILES string of the molecule is Cn1cc(Br)cc1C(=O)Nc1ccc(-c2nc3ccccc3[nH]2)cc1. The highest BCUT2D eigenvalue weighted by Crippen LogP contribution is 2.22. The van der Waals surface area contributed by atoms with E-state index in [1.165, 1.54) is 0 Å². The third-order valence-corrected chi connectivity index (χ3v) is 4.44. The Morgan fingerprint density at radius 3 is 2.60 bits per heavy atom. The van der Waals surface area contributed by atoms with Gasteiger partial charge in [-0.05, 0) is 58.4 Å². The van der Waals surface area contributed by atoms with Gasteiger partial charge in [0.2, 0.25) is 0 Å². The van der Waals surface area contributed by atoms with E-state index in [0.717, 1.165) is 32.6 Å². The Balaban J connectivity index is 1.55. The lowest BCUT2D eigenvalue weighted by molar-refractivity contribution is 0.101. The number of fused-ring (bicyclic) bond motifs is 1. The average molecular weight is 395 g/mol. The Labute approximate surface area is 152 Å². The second-order valence-electron chi connectivity index (χ2n) is 5.79. The van der Waals surface area contributed by atoms with Gasteiger partial charge in [-0.1, -0.05) is 12.1 Å². The highest BCUT2D eigenvalue weighted by Gasteiger charge is 2.11. The van der Waals surface area contributed by atoms with E-state index in [0.29, 0.717) is 5.69 Å². The molecule has 0 unspecified atom stereocenters. The van der Waals surface area contributed by atoms with Gasteiger partial charge < -0.3 is 14.9 Å². The Bertz CT molecular complexity index is 1030. The highest BCUT2D eigenvalue weighted by molar-refractivity contribution is 9.10. The number of aromatic amines is 1. The first-order chi connectivity index (χ1) is 12.1. The molecular formula is C19H15BrN4O. The molecule has 2 aromatic carbocycles. The molecule has 2 heterocycles. The lowest BCUT2D eigenvalue weighted by Gasteiger charge is -2.06. The van der Waals surface area contributed by atoms with Gasteiger partial charge in [0.25, 0.3) is 5.91 Å². The fourth-order valence-electron chi connectivity index (χ4n) is 2.75. The second kappa shape index (κ2) is 6.22. The normalized spacial score (nSPS) is 11.0. The molecule has 124 valence electrons. The fourth-order valence-corrected chi connectivity index (χ4v) is 3.27. The molecule has 1 amide bonds. The molecule has 2 N–H and O–H groups in total. The molecule has 0 bridgehead atoms. The van der Waals surface area contributed by atoms with Gasteiger partial charge in [-0.2, -0.15) is 0 Å². The lowest BCUT2D eigenvalue weighted by Crippen LogP contribution is -2.15. The molecular weight excluding hydrogens is 380 g/mol. The summed E-state index contributed by atoms with van der Waals surface area (Å²) in [5.74, 6) is 0.662. The number of hydrogen-bond acceptors (Lipinski definition) is 2. The number of nitrogens with zero attached hydrogens (tertiary/aromatic N) is 2. The molecule has 0 saturated carbocycles. The molecule has 5 nitrogen and oxygen atoms in total. The quantitative estimate of drug-likeness (QED) is 0.533. The third-order valence-electron chi connectivity index (χ3n) is 4.01. The van der Waals surface area contributed by atoms with Crippen molar-refractivity contribution in [3.63, 3.8) is 0 Å². The largest absolute Gasteiger partial charge is 0.345 e. The van der Waals surface area contributed by atoms with Gasteiger partial charge >= 0.3 is 0 Å². The van der Waals surface area contributed by atoms with E-state index < -0.39 is 0 Å². The van der Waals surface area contributed by atoms with Gasteiger partial charge in [-0.3, -0.25) is 4.79 Å². The summed E-state index contributed by atoms with van der Waals surface area (Å²) in [6.45, 7) is 0.